The first-order chi connectivity index (χ1) is 7.77. The summed E-state index contributed by atoms with van der Waals surface area (Å²) in [5, 5.41) is 1.05. The van der Waals surface area contributed by atoms with Crippen LogP contribution < -0.4 is 4.74 Å². The molecule has 2 nitrogen and oxygen atoms in total. The molecule has 2 rings (SSSR count). The smallest absolute Gasteiger partial charge is 0.139 e. The van der Waals surface area contributed by atoms with Crippen molar-refractivity contribution >= 4 is 23.2 Å². The summed E-state index contributed by atoms with van der Waals surface area (Å²) in [7, 11) is 0. The molecule has 1 aliphatic rings. The van der Waals surface area contributed by atoms with Gasteiger partial charge in [0.1, 0.15) is 17.4 Å². The molecule has 0 unspecified atom stereocenters. The molecule has 0 aromatic heterocycles. The van der Waals surface area contributed by atoms with E-state index in [4.69, 9.17) is 27.9 Å². The molecule has 0 radical (unpaired) electrons. The molecule has 16 heavy (non-hydrogen) atoms. The van der Waals surface area contributed by atoms with Gasteiger partial charge in [-0.15, -0.1) is 0 Å². The minimum absolute atomic E-state index is 0.505. The van der Waals surface area contributed by atoms with Crippen molar-refractivity contribution in [3.05, 3.63) is 28.2 Å². The fourth-order valence-corrected chi connectivity index (χ4v) is 2.23. The zero-order chi connectivity index (χ0) is 11.4. The highest BCUT2D eigenvalue weighted by atomic mass is 35.5. The Bertz CT molecular complexity index is 351. The first-order valence-corrected chi connectivity index (χ1v) is 6.32. The second-order valence-electron chi connectivity index (χ2n) is 3.95. The van der Waals surface area contributed by atoms with Crippen molar-refractivity contribution in [3.8, 4) is 5.75 Å². The standard InChI is InChI=1S/C12H15Cl2NO/c13-10-4-3-5-11(12(10)14)16-9-8-15-6-1-2-7-15/h3-5H,1-2,6-9H2. The number of ether oxygens (including phenoxy) is 1. The van der Waals surface area contributed by atoms with Crippen LogP contribution in [0.4, 0.5) is 0 Å². The Morgan fingerprint density at radius 2 is 1.94 bits per heavy atom. The third kappa shape index (κ3) is 3.03. The summed E-state index contributed by atoms with van der Waals surface area (Å²) >= 11 is 11.9. The fourth-order valence-electron chi connectivity index (χ4n) is 1.89. The molecule has 1 aromatic rings. The van der Waals surface area contributed by atoms with Gasteiger partial charge >= 0.3 is 0 Å². The Hall–Kier alpha value is -0.440. The molecular weight excluding hydrogens is 245 g/mol. The van der Waals surface area contributed by atoms with Crippen LogP contribution in [0.15, 0.2) is 18.2 Å². The summed E-state index contributed by atoms with van der Waals surface area (Å²) < 4.78 is 5.62. The van der Waals surface area contributed by atoms with Crippen molar-refractivity contribution in [3.63, 3.8) is 0 Å². The third-order valence-corrected chi connectivity index (χ3v) is 3.58. The van der Waals surface area contributed by atoms with Gasteiger partial charge in [0, 0.05) is 6.54 Å². The topological polar surface area (TPSA) is 12.5 Å². The van der Waals surface area contributed by atoms with E-state index in [2.05, 4.69) is 4.90 Å². The highest BCUT2D eigenvalue weighted by Crippen LogP contribution is 2.31. The van der Waals surface area contributed by atoms with Crippen molar-refractivity contribution in [2.75, 3.05) is 26.2 Å². The lowest BCUT2D eigenvalue weighted by Crippen LogP contribution is -2.25. The van der Waals surface area contributed by atoms with Crippen LogP contribution in [0, 0.1) is 0 Å². The molecule has 88 valence electrons. The molecule has 1 heterocycles. The lowest BCUT2D eigenvalue weighted by Gasteiger charge is -2.15. The van der Waals surface area contributed by atoms with Gasteiger partial charge in [0.15, 0.2) is 0 Å². The number of nitrogens with zero attached hydrogens (tertiary/aromatic N) is 1. The molecule has 0 bridgehead atoms. The van der Waals surface area contributed by atoms with E-state index in [1.54, 1.807) is 6.07 Å². The van der Waals surface area contributed by atoms with Crippen LogP contribution in [-0.2, 0) is 0 Å². The predicted octanol–water partition coefficient (Wildman–Crippen LogP) is 3.47. The maximum absolute atomic E-state index is 6.02. The van der Waals surface area contributed by atoms with Gasteiger partial charge in [-0.25, -0.2) is 0 Å². The van der Waals surface area contributed by atoms with Gasteiger partial charge in [-0.05, 0) is 38.1 Å². The van der Waals surface area contributed by atoms with E-state index >= 15 is 0 Å². The van der Waals surface area contributed by atoms with Crippen molar-refractivity contribution in [2.45, 2.75) is 12.8 Å². The average molecular weight is 260 g/mol. The molecular formula is C12H15Cl2NO. The Labute approximate surface area is 106 Å². The second kappa shape index (κ2) is 5.76. The van der Waals surface area contributed by atoms with Gasteiger partial charge in [0.2, 0.25) is 0 Å². The molecule has 1 aliphatic heterocycles. The zero-order valence-corrected chi connectivity index (χ0v) is 10.6. The van der Waals surface area contributed by atoms with Crippen LogP contribution in [0.5, 0.6) is 5.75 Å². The monoisotopic (exact) mass is 259 g/mol. The van der Waals surface area contributed by atoms with Crippen LogP contribution in [0.1, 0.15) is 12.8 Å². The Morgan fingerprint density at radius 1 is 1.19 bits per heavy atom. The summed E-state index contributed by atoms with van der Waals surface area (Å²) in [6.45, 7) is 4.00. The van der Waals surface area contributed by atoms with Crippen LogP contribution in [-0.4, -0.2) is 31.1 Å². The van der Waals surface area contributed by atoms with Crippen molar-refractivity contribution in [1.82, 2.24) is 4.90 Å². The molecule has 0 spiro atoms. The molecule has 0 atom stereocenters. The highest BCUT2D eigenvalue weighted by Gasteiger charge is 2.11. The number of likely N-dealkylation sites (tertiary alicyclic amines) is 1. The summed E-state index contributed by atoms with van der Waals surface area (Å²) in [5.41, 5.74) is 0. The van der Waals surface area contributed by atoms with Crippen LogP contribution in [0.3, 0.4) is 0 Å². The van der Waals surface area contributed by atoms with Gasteiger partial charge in [0.05, 0.1) is 5.02 Å². The highest BCUT2D eigenvalue weighted by molar-refractivity contribution is 6.42. The van der Waals surface area contributed by atoms with E-state index < -0.39 is 0 Å². The number of halogens is 2. The van der Waals surface area contributed by atoms with E-state index in [1.807, 2.05) is 12.1 Å². The average Bonchev–Trinajstić information content (AvgIpc) is 2.77. The Morgan fingerprint density at radius 3 is 2.69 bits per heavy atom. The molecule has 1 aromatic carbocycles. The maximum Gasteiger partial charge on any atom is 0.139 e. The molecule has 0 aliphatic carbocycles. The first kappa shape index (κ1) is 12.0. The van der Waals surface area contributed by atoms with E-state index in [0.717, 1.165) is 6.54 Å². The molecule has 1 fully saturated rings. The van der Waals surface area contributed by atoms with Gasteiger partial charge in [-0.2, -0.15) is 0 Å². The first-order valence-electron chi connectivity index (χ1n) is 5.56. The zero-order valence-electron chi connectivity index (χ0n) is 9.09. The normalized spacial score (nSPS) is 16.6. The van der Waals surface area contributed by atoms with Crippen LogP contribution >= 0.6 is 23.2 Å². The fraction of sp³-hybridized carbons (Fsp3) is 0.500. The van der Waals surface area contributed by atoms with Gasteiger partial charge in [-0.1, -0.05) is 29.3 Å². The number of rotatable bonds is 4. The molecule has 0 N–H and O–H groups in total. The number of benzene rings is 1. The van der Waals surface area contributed by atoms with Crippen molar-refractivity contribution in [1.29, 1.82) is 0 Å². The van der Waals surface area contributed by atoms with Crippen molar-refractivity contribution in [2.24, 2.45) is 0 Å². The predicted molar refractivity (Wildman–Crippen MR) is 67.6 cm³/mol. The van der Waals surface area contributed by atoms with Crippen LogP contribution in [0.25, 0.3) is 0 Å². The molecule has 0 amide bonds. The largest absolute Gasteiger partial charge is 0.491 e. The van der Waals surface area contributed by atoms with Crippen LogP contribution in [0.2, 0.25) is 10.0 Å². The SMILES string of the molecule is Clc1cccc(OCCN2CCCC2)c1Cl. The maximum atomic E-state index is 6.02. The van der Waals surface area contributed by atoms with E-state index in [9.17, 15) is 0 Å². The van der Waals surface area contributed by atoms with Gasteiger partial charge < -0.3 is 4.74 Å². The molecule has 0 saturated carbocycles. The summed E-state index contributed by atoms with van der Waals surface area (Å²) in [6, 6.07) is 5.45. The van der Waals surface area contributed by atoms with Gasteiger partial charge in [-0.3, -0.25) is 4.90 Å². The minimum Gasteiger partial charge on any atom is -0.491 e. The Kier molecular flexibility index (Phi) is 4.33. The Balaban J connectivity index is 1.82. The number of hydrogen-bond acceptors (Lipinski definition) is 2. The quantitative estimate of drug-likeness (QED) is 0.821. The minimum atomic E-state index is 0.505. The summed E-state index contributed by atoms with van der Waals surface area (Å²) in [6.07, 6.45) is 2.61. The lowest BCUT2D eigenvalue weighted by molar-refractivity contribution is 0.238. The second-order valence-corrected chi connectivity index (χ2v) is 4.73. The molecule has 4 heteroatoms. The van der Waals surface area contributed by atoms with E-state index in [1.165, 1.54) is 25.9 Å². The van der Waals surface area contributed by atoms with E-state index in [0.29, 0.717) is 22.4 Å². The lowest BCUT2D eigenvalue weighted by atomic mass is 10.3. The molecule has 1 saturated heterocycles. The summed E-state index contributed by atoms with van der Waals surface area (Å²) in [4.78, 5) is 2.40. The van der Waals surface area contributed by atoms with Crippen molar-refractivity contribution < 1.29 is 4.74 Å². The summed E-state index contributed by atoms with van der Waals surface area (Å²) in [5.74, 6) is 0.674. The van der Waals surface area contributed by atoms with Gasteiger partial charge in [0.25, 0.3) is 0 Å². The third-order valence-electron chi connectivity index (χ3n) is 2.78. The number of hydrogen-bond donors (Lipinski definition) is 0. The van der Waals surface area contributed by atoms with E-state index in [-0.39, 0.29) is 0 Å².